The molecule has 1 aromatic carbocycles. The second kappa shape index (κ2) is 6.62. The van der Waals surface area contributed by atoms with Gasteiger partial charge in [0.2, 0.25) is 0 Å². The number of thiophene rings is 1. The van der Waals surface area contributed by atoms with Crippen LogP contribution in [0.2, 0.25) is 0 Å². The Bertz CT molecular complexity index is 961. The number of anilines is 1. The Kier molecular flexibility index (Phi) is 4.71. The lowest BCUT2D eigenvalue weighted by Crippen LogP contribution is -2.14. The van der Waals surface area contributed by atoms with Gasteiger partial charge in [0.25, 0.3) is 10.0 Å². The van der Waals surface area contributed by atoms with Gasteiger partial charge in [0.15, 0.2) is 5.76 Å². The van der Waals surface area contributed by atoms with E-state index in [1.165, 1.54) is 17.5 Å². The molecule has 1 N–H and O–H groups in total. The molecule has 0 atom stereocenters. The lowest BCUT2D eigenvalue weighted by Gasteiger charge is -2.10. The summed E-state index contributed by atoms with van der Waals surface area (Å²) in [5, 5.41) is 3.69. The quantitative estimate of drug-likeness (QED) is 0.658. The molecule has 8 heteroatoms. The number of benzene rings is 1. The summed E-state index contributed by atoms with van der Waals surface area (Å²) in [6.45, 7) is 3.67. The van der Waals surface area contributed by atoms with Crippen molar-refractivity contribution in [3.63, 3.8) is 0 Å². The molecule has 0 saturated carbocycles. The van der Waals surface area contributed by atoms with E-state index in [0.29, 0.717) is 21.9 Å². The Morgan fingerprint density at radius 3 is 2.67 bits per heavy atom. The van der Waals surface area contributed by atoms with Gasteiger partial charge < -0.3 is 4.52 Å². The Labute approximate surface area is 149 Å². The average molecular weight is 381 g/mol. The van der Waals surface area contributed by atoms with Crippen LogP contribution in [-0.4, -0.2) is 19.8 Å². The normalized spacial score (nSPS) is 11.6. The van der Waals surface area contributed by atoms with Crippen molar-refractivity contribution in [1.29, 1.82) is 0 Å². The van der Waals surface area contributed by atoms with Gasteiger partial charge in [0, 0.05) is 26.4 Å². The first kappa shape index (κ1) is 17.1. The number of hydrogen-bond donors (Lipinski definition) is 1. The van der Waals surface area contributed by atoms with E-state index in [1.807, 2.05) is 31.4 Å². The molecule has 0 amide bonds. The molecule has 0 aliphatic rings. The molecule has 24 heavy (non-hydrogen) atoms. The summed E-state index contributed by atoms with van der Waals surface area (Å²) in [4.78, 5) is 2.83. The zero-order valence-electron chi connectivity index (χ0n) is 13.4. The standard InChI is InChI=1S/C16H16N2O3S3/c1-10-15(14-7-8-17-21-14)16(11(2)23-10)24(19,20)18-12-5-4-6-13(9-12)22-3/h4-9,18H,1-3H3. The van der Waals surface area contributed by atoms with Crippen molar-refractivity contribution < 1.29 is 12.9 Å². The summed E-state index contributed by atoms with van der Waals surface area (Å²) in [7, 11) is -3.74. The van der Waals surface area contributed by atoms with Crippen molar-refractivity contribution in [3.05, 3.63) is 46.3 Å². The fourth-order valence-corrected chi connectivity index (χ4v) is 5.89. The molecule has 0 fully saturated rings. The summed E-state index contributed by atoms with van der Waals surface area (Å²) in [6, 6.07) is 8.97. The molecule has 0 aliphatic carbocycles. The van der Waals surface area contributed by atoms with Gasteiger partial charge >= 0.3 is 0 Å². The molecule has 0 radical (unpaired) electrons. The third kappa shape index (κ3) is 3.22. The lowest BCUT2D eigenvalue weighted by atomic mass is 10.2. The summed E-state index contributed by atoms with van der Waals surface area (Å²) in [5.41, 5.74) is 1.11. The summed E-state index contributed by atoms with van der Waals surface area (Å²) in [6.07, 6.45) is 3.45. The van der Waals surface area contributed by atoms with Gasteiger partial charge in [-0.1, -0.05) is 11.2 Å². The molecule has 2 heterocycles. The van der Waals surface area contributed by atoms with Crippen LogP contribution in [0.4, 0.5) is 5.69 Å². The van der Waals surface area contributed by atoms with Gasteiger partial charge in [-0.15, -0.1) is 23.1 Å². The summed E-state index contributed by atoms with van der Waals surface area (Å²) >= 11 is 2.99. The van der Waals surface area contributed by atoms with Crippen molar-refractivity contribution in [1.82, 2.24) is 5.16 Å². The van der Waals surface area contributed by atoms with Crippen molar-refractivity contribution >= 4 is 38.8 Å². The van der Waals surface area contributed by atoms with Gasteiger partial charge in [-0.2, -0.15) is 0 Å². The third-order valence-corrected chi connectivity index (χ3v) is 6.91. The number of nitrogens with one attached hydrogen (secondary N) is 1. The van der Waals surface area contributed by atoms with E-state index in [4.69, 9.17) is 4.52 Å². The van der Waals surface area contributed by atoms with Crippen LogP contribution in [0.15, 0.2) is 50.8 Å². The zero-order chi connectivity index (χ0) is 17.3. The van der Waals surface area contributed by atoms with Crippen molar-refractivity contribution in [2.45, 2.75) is 23.6 Å². The Hall–Kier alpha value is -1.77. The Balaban J connectivity index is 2.07. The van der Waals surface area contributed by atoms with Crippen LogP contribution in [0.1, 0.15) is 9.75 Å². The predicted octanol–water partition coefficient (Wildman–Crippen LogP) is 4.54. The van der Waals surface area contributed by atoms with Gasteiger partial charge in [-0.05, 0) is 38.3 Å². The molecule has 0 saturated heterocycles. The molecular weight excluding hydrogens is 364 g/mol. The first-order chi connectivity index (χ1) is 11.4. The second-order valence-corrected chi connectivity index (χ2v) is 9.06. The molecular formula is C16H16N2O3S3. The number of hydrogen-bond acceptors (Lipinski definition) is 6. The van der Waals surface area contributed by atoms with E-state index in [1.54, 1.807) is 30.8 Å². The molecule has 0 bridgehead atoms. The minimum Gasteiger partial charge on any atom is -0.356 e. The van der Waals surface area contributed by atoms with E-state index in [9.17, 15) is 8.42 Å². The highest BCUT2D eigenvalue weighted by Crippen LogP contribution is 2.39. The number of sulfonamides is 1. The molecule has 3 aromatic rings. The fourth-order valence-electron chi connectivity index (χ4n) is 2.51. The summed E-state index contributed by atoms with van der Waals surface area (Å²) < 4.78 is 33.8. The van der Waals surface area contributed by atoms with E-state index in [0.717, 1.165) is 9.77 Å². The highest BCUT2D eigenvalue weighted by atomic mass is 32.2. The van der Waals surface area contributed by atoms with E-state index >= 15 is 0 Å². The second-order valence-electron chi connectivity index (χ2n) is 5.13. The minimum atomic E-state index is -3.74. The summed E-state index contributed by atoms with van der Waals surface area (Å²) in [5.74, 6) is 0.454. The van der Waals surface area contributed by atoms with Crippen molar-refractivity contribution in [2.75, 3.05) is 11.0 Å². The molecule has 126 valence electrons. The maximum absolute atomic E-state index is 13.0. The molecule has 0 aliphatic heterocycles. The zero-order valence-corrected chi connectivity index (χ0v) is 15.8. The maximum Gasteiger partial charge on any atom is 0.263 e. The number of aromatic nitrogens is 1. The molecule has 5 nitrogen and oxygen atoms in total. The van der Waals surface area contributed by atoms with Gasteiger partial charge in [-0.3, -0.25) is 4.72 Å². The van der Waals surface area contributed by atoms with Crippen LogP contribution in [0, 0.1) is 13.8 Å². The molecule has 0 spiro atoms. The number of nitrogens with zero attached hydrogens (tertiary/aromatic N) is 1. The third-order valence-electron chi connectivity index (χ3n) is 3.48. The van der Waals surface area contributed by atoms with E-state index < -0.39 is 10.0 Å². The van der Waals surface area contributed by atoms with Crippen molar-refractivity contribution in [3.8, 4) is 11.3 Å². The minimum absolute atomic E-state index is 0.247. The van der Waals surface area contributed by atoms with E-state index in [2.05, 4.69) is 9.88 Å². The maximum atomic E-state index is 13.0. The Morgan fingerprint density at radius 2 is 2.00 bits per heavy atom. The van der Waals surface area contributed by atoms with Gasteiger partial charge in [0.1, 0.15) is 4.90 Å². The SMILES string of the molecule is CSc1cccc(NS(=O)(=O)c2c(C)sc(C)c2-c2ccno2)c1. The first-order valence-electron chi connectivity index (χ1n) is 7.10. The van der Waals surface area contributed by atoms with Crippen LogP contribution in [0.3, 0.4) is 0 Å². The molecule has 3 rings (SSSR count). The molecule has 2 aromatic heterocycles. The van der Waals surface area contributed by atoms with Crippen LogP contribution in [-0.2, 0) is 10.0 Å². The highest BCUT2D eigenvalue weighted by molar-refractivity contribution is 7.98. The van der Waals surface area contributed by atoms with Gasteiger partial charge in [0.05, 0.1) is 11.8 Å². The van der Waals surface area contributed by atoms with Crippen LogP contribution >= 0.6 is 23.1 Å². The molecule has 0 unspecified atom stereocenters. The van der Waals surface area contributed by atoms with Crippen molar-refractivity contribution in [2.24, 2.45) is 0 Å². The smallest absolute Gasteiger partial charge is 0.263 e. The number of aryl methyl sites for hydroxylation is 2. The first-order valence-corrected chi connectivity index (χ1v) is 10.6. The Morgan fingerprint density at radius 1 is 1.21 bits per heavy atom. The lowest BCUT2D eigenvalue weighted by molar-refractivity contribution is 0.431. The van der Waals surface area contributed by atoms with Gasteiger partial charge in [-0.25, -0.2) is 8.42 Å². The fraction of sp³-hybridized carbons (Fsp3) is 0.188. The largest absolute Gasteiger partial charge is 0.356 e. The number of rotatable bonds is 5. The van der Waals surface area contributed by atoms with E-state index in [-0.39, 0.29) is 4.90 Å². The monoisotopic (exact) mass is 380 g/mol. The topological polar surface area (TPSA) is 72.2 Å². The number of thioether (sulfide) groups is 1. The highest BCUT2D eigenvalue weighted by Gasteiger charge is 2.28. The predicted molar refractivity (Wildman–Crippen MR) is 98.3 cm³/mol. The van der Waals surface area contributed by atoms with Crippen LogP contribution in [0.25, 0.3) is 11.3 Å². The average Bonchev–Trinajstić information content (AvgIpc) is 3.14. The van der Waals surface area contributed by atoms with Crippen LogP contribution in [0.5, 0.6) is 0 Å². The van der Waals surface area contributed by atoms with Crippen LogP contribution < -0.4 is 4.72 Å².